The highest BCUT2D eigenvalue weighted by molar-refractivity contribution is 6.01. The van der Waals surface area contributed by atoms with Crippen molar-refractivity contribution in [2.45, 2.75) is 46.6 Å². The average molecular weight is 409 g/mol. The summed E-state index contributed by atoms with van der Waals surface area (Å²) in [6, 6.07) is 8.02. The van der Waals surface area contributed by atoms with Crippen LogP contribution < -0.4 is 4.74 Å². The number of nitrogens with zero attached hydrogens (tertiary/aromatic N) is 4. The third-order valence-corrected chi connectivity index (χ3v) is 5.19. The first-order valence-corrected chi connectivity index (χ1v) is 10.4. The van der Waals surface area contributed by atoms with Gasteiger partial charge in [0.1, 0.15) is 16.9 Å². The fourth-order valence-corrected chi connectivity index (χ4v) is 3.68. The Morgan fingerprint density at radius 1 is 1.10 bits per heavy atom. The first-order valence-electron chi connectivity index (χ1n) is 10.4. The molecule has 0 amide bonds. The van der Waals surface area contributed by atoms with Gasteiger partial charge in [0, 0.05) is 32.4 Å². The van der Waals surface area contributed by atoms with Gasteiger partial charge in [-0.2, -0.15) is 0 Å². The number of para-hydroxylation sites is 2. The van der Waals surface area contributed by atoms with Crippen molar-refractivity contribution >= 4 is 33.7 Å². The molecule has 4 rings (SSSR count). The van der Waals surface area contributed by atoms with Gasteiger partial charge in [-0.1, -0.05) is 39.8 Å². The molecular formula is C23H28N4O3. The predicted octanol–water partition coefficient (Wildman–Crippen LogP) is 4.56. The largest absolute Gasteiger partial charge is 0.424 e. The SMILES string of the molecule is COCCCn1cc(OC(=O)C(C)C)c2c1nc(C(C)C)n1c3ccccc3nc21. The van der Waals surface area contributed by atoms with Crippen molar-refractivity contribution < 1.29 is 14.3 Å². The van der Waals surface area contributed by atoms with Crippen LogP contribution in [-0.2, 0) is 16.1 Å². The van der Waals surface area contributed by atoms with Crippen LogP contribution in [0.4, 0.5) is 0 Å². The second-order valence-corrected chi connectivity index (χ2v) is 8.19. The van der Waals surface area contributed by atoms with Crippen LogP contribution in [0.5, 0.6) is 5.75 Å². The first kappa shape index (κ1) is 20.3. The molecule has 0 saturated heterocycles. The summed E-state index contributed by atoms with van der Waals surface area (Å²) in [7, 11) is 1.69. The van der Waals surface area contributed by atoms with Crippen LogP contribution >= 0.6 is 0 Å². The minimum atomic E-state index is -0.270. The van der Waals surface area contributed by atoms with Crippen molar-refractivity contribution in [3.05, 3.63) is 36.3 Å². The highest BCUT2D eigenvalue weighted by Gasteiger charge is 2.23. The number of hydrogen-bond acceptors (Lipinski definition) is 5. The van der Waals surface area contributed by atoms with Gasteiger partial charge in [-0.25, -0.2) is 9.97 Å². The van der Waals surface area contributed by atoms with E-state index in [0.717, 1.165) is 40.0 Å². The summed E-state index contributed by atoms with van der Waals surface area (Å²) in [5.41, 5.74) is 3.44. The molecule has 0 saturated carbocycles. The zero-order chi connectivity index (χ0) is 21.4. The molecule has 30 heavy (non-hydrogen) atoms. The number of carbonyl (C=O) groups is 1. The van der Waals surface area contributed by atoms with Gasteiger partial charge in [-0.15, -0.1) is 0 Å². The summed E-state index contributed by atoms with van der Waals surface area (Å²) >= 11 is 0. The van der Waals surface area contributed by atoms with Gasteiger partial charge >= 0.3 is 5.97 Å². The maximum atomic E-state index is 12.4. The van der Waals surface area contributed by atoms with E-state index in [2.05, 4.69) is 18.2 Å². The van der Waals surface area contributed by atoms with Crippen LogP contribution in [0.1, 0.15) is 45.9 Å². The van der Waals surface area contributed by atoms with E-state index in [1.165, 1.54) is 0 Å². The fraction of sp³-hybridized carbons (Fsp3) is 0.435. The Morgan fingerprint density at radius 3 is 2.57 bits per heavy atom. The summed E-state index contributed by atoms with van der Waals surface area (Å²) < 4.78 is 15.1. The number of esters is 1. The van der Waals surface area contributed by atoms with Gasteiger partial charge < -0.3 is 14.0 Å². The molecular weight excluding hydrogens is 380 g/mol. The molecule has 7 nitrogen and oxygen atoms in total. The molecule has 0 fully saturated rings. The predicted molar refractivity (Wildman–Crippen MR) is 117 cm³/mol. The Balaban J connectivity index is 2.04. The van der Waals surface area contributed by atoms with E-state index < -0.39 is 0 Å². The Kier molecular flexibility index (Phi) is 5.47. The normalized spacial score (nSPS) is 12.1. The van der Waals surface area contributed by atoms with Crippen molar-refractivity contribution in [2.24, 2.45) is 5.92 Å². The number of imidazole rings is 1. The Hall–Kier alpha value is -2.93. The van der Waals surface area contributed by atoms with E-state index in [4.69, 9.17) is 19.4 Å². The number of methoxy groups -OCH3 is 1. The topological polar surface area (TPSA) is 70.7 Å². The maximum Gasteiger partial charge on any atom is 0.313 e. The fourth-order valence-electron chi connectivity index (χ4n) is 3.68. The van der Waals surface area contributed by atoms with Crippen molar-refractivity contribution in [3.8, 4) is 5.75 Å². The quantitative estimate of drug-likeness (QED) is 0.331. The molecule has 0 unspecified atom stereocenters. The molecule has 0 radical (unpaired) electrons. The lowest BCUT2D eigenvalue weighted by Gasteiger charge is -2.12. The smallest absolute Gasteiger partial charge is 0.313 e. The van der Waals surface area contributed by atoms with Crippen molar-refractivity contribution in [3.63, 3.8) is 0 Å². The molecule has 4 aromatic rings. The summed E-state index contributed by atoms with van der Waals surface area (Å²) in [5.74, 6) is 1.13. The number of fused-ring (bicyclic) bond motifs is 5. The summed E-state index contributed by atoms with van der Waals surface area (Å²) in [5, 5.41) is 0.766. The molecule has 7 heteroatoms. The highest BCUT2D eigenvalue weighted by atomic mass is 16.5. The Bertz CT molecular complexity index is 1220. The van der Waals surface area contributed by atoms with Crippen LogP contribution in [0, 0.1) is 5.92 Å². The second-order valence-electron chi connectivity index (χ2n) is 8.19. The van der Waals surface area contributed by atoms with Crippen LogP contribution in [-0.4, -0.2) is 38.6 Å². The van der Waals surface area contributed by atoms with Gasteiger partial charge in [0.15, 0.2) is 11.4 Å². The average Bonchev–Trinajstić information content (AvgIpc) is 3.26. The molecule has 1 aromatic carbocycles. The van der Waals surface area contributed by atoms with Crippen LogP contribution in [0.3, 0.4) is 0 Å². The zero-order valence-electron chi connectivity index (χ0n) is 18.2. The van der Waals surface area contributed by atoms with E-state index in [0.29, 0.717) is 18.9 Å². The van der Waals surface area contributed by atoms with Gasteiger partial charge in [-0.05, 0) is 18.6 Å². The molecule has 0 aliphatic rings. The number of rotatable bonds is 7. The standard InChI is InChI=1S/C23H28N4O3/c1-14(2)20-25-21-19(22-24-16-9-6-7-10-17(16)27(20)22)18(30-23(28)15(3)4)13-26(21)11-8-12-29-5/h6-7,9-10,13-15H,8,11-12H2,1-5H3. The van der Waals surface area contributed by atoms with Gasteiger partial charge in [-0.3, -0.25) is 9.20 Å². The molecule has 0 spiro atoms. The molecule has 0 bridgehead atoms. The molecule has 0 N–H and O–H groups in total. The Morgan fingerprint density at radius 2 is 1.87 bits per heavy atom. The maximum absolute atomic E-state index is 12.4. The van der Waals surface area contributed by atoms with E-state index in [1.54, 1.807) is 7.11 Å². The summed E-state index contributed by atoms with van der Waals surface area (Å²) in [6.07, 6.45) is 2.70. The van der Waals surface area contributed by atoms with Crippen molar-refractivity contribution in [1.29, 1.82) is 0 Å². The minimum Gasteiger partial charge on any atom is -0.424 e. The summed E-state index contributed by atoms with van der Waals surface area (Å²) in [6.45, 7) is 9.27. The lowest BCUT2D eigenvalue weighted by atomic mass is 10.2. The lowest BCUT2D eigenvalue weighted by molar-refractivity contribution is -0.137. The van der Waals surface area contributed by atoms with Gasteiger partial charge in [0.05, 0.1) is 17.0 Å². The number of ether oxygens (including phenoxy) is 2. The highest BCUT2D eigenvalue weighted by Crippen LogP contribution is 2.35. The third kappa shape index (κ3) is 3.43. The number of hydrogen-bond donors (Lipinski definition) is 0. The zero-order valence-corrected chi connectivity index (χ0v) is 18.2. The van der Waals surface area contributed by atoms with E-state index in [1.807, 2.05) is 48.9 Å². The van der Waals surface area contributed by atoms with Crippen LogP contribution in [0.15, 0.2) is 30.5 Å². The van der Waals surface area contributed by atoms with Crippen molar-refractivity contribution in [2.75, 3.05) is 13.7 Å². The Labute approximate surface area is 175 Å². The second kappa shape index (κ2) is 8.07. The van der Waals surface area contributed by atoms with Crippen LogP contribution in [0.25, 0.3) is 27.7 Å². The molecule has 3 aromatic heterocycles. The number of benzene rings is 1. The number of aryl methyl sites for hydroxylation is 1. The van der Waals surface area contributed by atoms with E-state index in [9.17, 15) is 4.79 Å². The van der Waals surface area contributed by atoms with E-state index >= 15 is 0 Å². The number of carbonyl (C=O) groups excluding carboxylic acids is 1. The van der Waals surface area contributed by atoms with Crippen LogP contribution in [0.2, 0.25) is 0 Å². The van der Waals surface area contributed by atoms with E-state index in [-0.39, 0.29) is 17.8 Å². The molecule has 0 atom stereocenters. The first-order chi connectivity index (χ1) is 14.4. The third-order valence-electron chi connectivity index (χ3n) is 5.19. The molecule has 0 aliphatic carbocycles. The van der Waals surface area contributed by atoms with Gasteiger partial charge in [0.2, 0.25) is 0 Å². The molecule has 3 heterocycles. The van der Waals surface area contributed by atoms with Crippen molar-refractivity contribution in [1.82, 2.24) is 18.9 Å². The lowest BCUT2D eigenvalue weighted by Crippen LogP contribution is -2.14. The number of aromatic nitrogens is 4. The van der Waals surface area contributed by atoms with Gasteiger partial charge in [0.25, 0.3) is 0 Å². The summed E-state index contributed by atoms with van der Waals surface area (Å²) in [4.78, 5) is 22.3. The molecule has 0 aliphatic heterocycles. The monoisotopic (exact) mass is 408 g/mol. The minimum absolute atomic E-state index is 0.193. The molecule has 158 valence electrons.